The third-order valence-corrected chi connectivity index (χ3v) is 7.58. The molecule has 2 N–H and O–H groups in total. The third kappa shape index (κ3) is 4.44. The predicted octanol–water partition coefficient (Wildman–Crippen LogP) is 4.06. The molecule has 1 saturated heterocycles. The van der Waals surface area contributed by atoms with Gasteiger partial charge in [0.05, 0.1) is 22.9 Å². The van der Waals surface area contributed by atoms with Crippen LogP contribution in [0.25, 0.3) is 0 Å². The van der Waals surface area contributed by atoms with Gasteiger partial charge in [-0.15, -0.1) is 0 Å². The topological polar surface area (TPSA) is 66.4 Å². The largest absolute Gasteiger partial charge is 0.381 e. The van der Waals surface area contributed by atoms with Gasteiger partial charge in [0.1, 0.15) is 12.0 Å². The second-order valence-electron chi connectivity index (χ2n) is 10.0. The average Bonchev–Trinajstić information content (AvgIpc) is 3.21. The van der Waals surface area contributed by atoms with Crippen LogP contribution in [0.5, 0.6) is 0 Å². The number of aromatic nitrogens is 1. The zero-order valence-electron chi connectivity index (χ0n) is 19.5. The molecule has 5 rings (SSSR count). The minimum absolute atomic E-state index is 0.0574. The molecule has 0 spiro atoms. The van der Waals surface area contributed by atoms with Crippen molar-refractivity contribution in [3.8, 4) is 0 Å². The van der Waals surface area contributed by atoms with Crippen LogP contribution in [0.4, 0.5) is 23.2 Å². The minimum atomic E-state index is -2.98. The average molecular weight is 493 g/mol. The number of pyridine rings is 1. The predicted molar refractivity (Wildman–Crippen MR) is 123 cm³/mol. The molecule has 3 aliphatic rings. The van der Waals surface area contributed by atoms with E-state index < -0.39 is 35.9 Å². The van der Waals surface area contributed by atoms with Gasteiger partial charge in [-0.3, -0.25) is 9.59 Å². The molecule has 0 radical (unpaired) electrons. The van der Waals surface area contributed by atoms with Crippen molar-refractivity contribution in [2.75, 3.05) is 25.5 Å². The van der Waals surface area contributed by atoms with Gasteiger partial charge in [0.2, 0.25) is 0 Å². The van der Waals surface area contributed by atoms with Crippen LogP contribution in [0, 0.1) is 17.7 Å². The lowest BCUT2D eigenvalue weighted by molar-refractivity contribution is 0.0937. The molecule has 3 fully saturated rings. The summed E-state index contributed by atoms with van der Waals surface area (Å²) in [4.78, 5) is 28.3. The molecule has 2 heterocycles. The van der Waals surface area contributed by atoms with Crippen molar-refractivity contribution in [2.45, 2.75) is 50.5 Å². The molecule has 35 heavy (non-hydrogen) atoms. The van der Waals surface area contributed by atoms with Crippen molar-refractivity contribution >= 4 is 11.6 Å². The maximum Gasteiger partial charge on any atom is 0.266 e. The zero-order valence-corrected chi connectivity index (χ0v) is 19.5. The molecule has 1 aromatic carbocycles. The van der Waals surface area contributed by atoms with Crippen molar-refractivity contribution in [1.82, 2.24) is 14.8 Å². The fourth-order valence-corrected chi connectivity index (χ4v) is 5.44. The Morgan fingerprint density at radius 2 is 1.80 bits per heavy atom. The van der Waals surface area contributed by atoms with E-state index in [1.165, 1.54) is 35.9 Å². The maximum atomic E-state index is 14.6. The number of hydrogen-bond acceptors (Lipinski definition) is 4. The Labute approximate surface area is 200 Å². The van der Waals surface area contributed by atoms with Crippen LogP contribution in [0.2, 0.25) is 0 Å². The molecule has 10 heteroatoms. The van der Waals surface area contributed by atoms with Crippen LogP contribution in [-0.4, -0.2) is 47.7 Å². The van der Waals surface area contributed by atoms with Gasteiger partial charge in [-0.05, 0) is 38.6 Å². The van der Waals surface area contributed by atoms with E-state index in [0.29, 0.717) is 17.5 Å². The van der Waals surface area contributed by atoms with Crippen molar-refractivity contribution in [3.63, 3.8) is 0 Å². The third-order valence-electron chi connectivity index (χ3n) is 7.58. The highest BCUT2D eigenvalue weighted by Gasteiger charge is 2.55. The number of nitrogens with zero attached hydrogens (tertiary/aromatic N) is 2. The summed E-state index contributed by atoms with van der Waals surface area (Å²) in [5.74, 6) is -0.767. The molecule has 4 atom stereocenters. The smallest absolute Gasteiger partial charge is 0.266 e. The summed E-state index contributed by atoms with van der Waals surface area (Å²) in [6.07, 6.45) is -2.12. The Hall–Kier alpha value is -2.88. The van der Waals surface area contributed by atoms with Crippen molar-refractivity contribution in [3.05, 3.63) is 63.3 Å². The van der Waals surface area contributed by atoms with E-state index in [4.69, 9.17) is 0 Å². The highest BCUT2D eigenvalue weighted by Crippen LogP contribution is 2.47. The lowest BCUT2D eigenvalue weighted by atomic mass is 9.90. The number of benzene rings is 1. The SMILES string of the molecule is CC(NC(=O)c1cn(C2CC(F)C2)c(=O)cc1NC1[C@H]2CN(C)C[C@@H]12)c1cccc(C(F)F)c1F. The number of rotatable bonds is 7. The van der Waals surface area contributed by atoms with E-state index in [2.05, 4.69) is 15.5 Å². The van der Waals surface area contributed by atoms with Crippen LogP contribution in [-0.2, 0) is 0 Å². The molecular formula is C25H28F4N4O2. The quantitative estimate of drug-likeness (QED) is 0.573. The summed E-state index contributed by atoms with van der Waals surface area (Å²) in [6.45, 7) is 3.37. The first-order valence-electron chi connectivity index (χ1n) is 11.9. The number of nitrogens with one attached hydrogen (secondary N) is 2. The van der Waals surface area contributed by atoms with Crippen LogP contribution < -0.4 is 16.2 Å². The molecule has 2 aliphatic carbocycles. The van der Waals surface area contributed by atoms with Crippen LogP contribution in [0.1, 0.15) is 59.8 Å². The second kappa shape index (κ2) is 8.96. The molecular weight excluding hydrogens is 464 g/mol. The first-order valence-corrected chi connectivity index (χ1v) is 11.9. The lowest BCUT2D eigenvalue weighted by Gasteiger charge is -2.32. The Balaban J connectivity index is 1.41. The number of amides is 1. The molecule has 1 aliphatic heterocycles. The molecule has 0 bridgehead atoms. The summed E-state index contributed by atoms with van der Waals surface area (Å²) in [5.41, 5.74) is -0.556. The molecule has 2 unspecified atom stereocenters. The number of likely N-dealkylation sites (tertiary alicyclic amines) is 1. The van der Waals surface area contributed by atoms with Crippen molar-refractivity contribution < 1.29 is 22.4 Å². The highest BCUT2D eigenvalue weighted by atomic mass is 19.3. The van der Waals surface area contributed by atoms with Gasteiger partial charge in [0.25, 0.3) is 17.9 Å². The minimum Gasteiger partial charge on any atom is -0.381 e. The number of fused-ring (bicyclic) bond motifs is 1. The second-order valence-corrected chi connectivity index (χ2v) is 10.0. The first-order chi connectivity index (χ1) is 16.6. The fraction of sp³-hybridized carbons (Fsp3) is 0.520. The molecule has 1 aromatic heterocycles. The van der Waals surface area contributed by atoms with E-state index >= 15 is 0 Å². The summed E-state index contributed by atoms with van der Waals surface area (Å²) >= 11 is 0. The van der Waals surface area contributed by atoms with E-state index in [1.807, 2.05) is 7.05 Å². The zero-order chi connectivity index (χ0) is 25.0. The summed E-state index contributed by atoms with van der Waals surface area (Å²) in [5, 5.41) is 6.02. The first kappa shape index (κ1) is 23.8. The van der Waals surface area contributed by atoms with Gasteiger partial charge >= 0.3 is 0 Å². The van der Waals surface area contributed by atoms with E-state index in [-0.39, 0.29) is 41.6 Å². The number of alkyl halides is 3. The summed E-state index contributed by atoms with van der Waals surface area (Å²) in [6, 6.07) is 3.96. The van der Waals surface area contributed by atoms with Gasteiger partial charge in [0.15, 0.2) is 0 Å². The number of piperidine rings is 1. The molecule has 1 amide bonds. The van der Waals surface area contributed by atoms with Gasteiger partial charge in [-0.1, -0.05) is 18.2 Å². The van der Waals surface area contributed by atoms with Crippen molar-refractivity contribution in [1.29, 1.82) is 0 Å². The van der Waals surface area contributed by atoms with Gasteiger partial charge in [-0.2, -0.15) is 0 Å². The van der Waals surface area contributed by atoms with Crippen molar-refractivity contribution in [2.24, 2.45) is 11.8 Å². The summed E-state index contributed by atoms with van der Waals surface area (Å²) < 4.78 is 55.7. The fourth-order valence-electron chi connectivity index (χ4n) is 5.44. The van der Waals surface area contributed by atoms with E-state index in [0.717, 1.165) is 19.2 Å². The number of hydrogen-bond donors (Lipinski definition) is 2. The van der Waals surface area contributed by atoms with Gasteiger partial charge in [-0.25, -0.2) is 17.6 Å². The molecule has 188 valence electrons. The van der Waals surface area contributed by atoms with Crippen LogP contribution in [0.3, 0.4) is 0 Å². The highest BCUT2D eigenvalue weighted by molar-refractivity contribution is 5.99. The Kier molecular flexibility index (Phi) is 6.11. The lowest BCUT2D eigenvalue weighted by Crippen LogP contribution is -2.37. The Bertz CT molecular complexity index is 1180. The standard InChI is InChI=1S/C25H28F4N4O2/c1-12(15-4-3-5-16(22(15)27)24(28)29)30-25(35)19-11-33(14-6-13(26)7-14)21(34)8-20(19)31-23-17-9-32(2)10-18(17)23/h3-5,8,11-14,17-18,23-24,31H,6-7,9-10H2,1-2H3,(H,30,35)/t12?,13?,14?,17-,18+,23?. The normalized spacial score (nSPS) is 28.4. The maximum absolute atomic E-state index is 14.6. The van der Waals surface area contributed by atoms with Gasteiger partial charge in [0, 0.05) is 43.0 Å². The number of carbonyl (C=O) groups is 1. The number of halogens is 4. The summed E-state index contributed by atoms with van der Waals surface area (Å²) in [7, 11) is 2.05. The molecule has 6 nitrogen and oxygen atoms in total. The molecule has 2 saturated carbocycles. The van der Waals surface area contributed by atoms with E-state index in [9.17, 15) is 27.2 Å². The monoisotopic (exact) mass is 492 g/mol. The van der Waals surface area contributed by atoms with E-state index in [1.54, 1.807) is 0 Å². The van der Waals surface area contributed by atoms with Crippen LogP contribution in [0.15, 0.2) is 35.3 Å². The van der Waals surface area contributed by atoms with Gasteiger partial charge < -0.3 is 20.1 Å². The number of carbonyl (C=O) groups excluding carboxylic acids is 1. The van der Waals surface area contributed by atoms with Crippen LogP contribution >= 0.6 is 0 Å². The Morgan fingerprint density at radius 3 is 2.43 bits per heavy atom. The molecule has 2 aromatic rings. The Morgan fingerprint density at radius 1 is 1.14 bits per heavy atom. The number of anilines is 1.